The molecule has 1 N–H and O–H groups in total. The van der Waals surface area contributed by atoms with E-state index in [0.717, 1.165) is 16.7 Å². The molecule has 0 spiro atoms. The number of hydrogen-bond acceptors (Lipinski definition) is 2. The third-order valence-corrected chi connectivity index (χ3v) is 2.87. The van der Waals surface area contributed by atoms with Gasteiger partial charge in [-0.25, -0.2) is 4.79 Å². The van der Waals surface area contributed by atoms with Crippen LogP contribution in [-0.2, 0) is 12.7 Å². The normalized spacial score (nSPS) is 12.3. The lowest BCUT2D eigenvalue weighted by Crippen LogP contribution is -2.36. The fourth-order valence-electron chi connectivity index (χ4n) is 2.04. The fraction of sp³-hybridized carbons (Fsp3) is 0.385. The summed E-state index contributed by atoms with van der Waals surface area (Å²) in [7, 11) is 0. The first-order chi connectivity index (χ1) is 9.21. The molecule has 1 heterocycles. The summed E-state index contributed by atoms with van der Waals surface area (Å²) < 4.78 is 39.5. The van der Waals surface area contributed by atoms with E-state index in [4.69, 9.17) is 0 Å². The SMILES string of the molecule is CC(C)Cn1c(=O)[nH]c2c(C(F)(F)F)cccc2c1=O. The number of nitrogens with zero attached hydrogens (tertiary/aromatic N) is 1. The Hall–Kier alpha value is -2.05. The minimum absolute atomic E-state index is 0.0250. The Bertz CT molecular complexity index is 757. The molecule has 4 nitrogen and oxygen atoms in total. The van der Waals surface area contributed by atoms with Crippen LogP contribution in [0.25, 0.3) is 10.9 Å². The van der Waals surface area contributed by atoms with Gasteiger partial charge in [-0.05, 0) is 18.1 Å². The summed E-state index contributed by atoms with van der Waals surface area (Å²) in [5, 5.41) is -0.139. The number of aromatic nitrogens is 2. The Labute approximate surface area is 111 Å². The maximum atomic E-state index is 12.9. The number of benzene rings is 1. The smallest absolute Gasteiger partial charge is 0.306 e. The number of rotatable bonds is 2. The zero-order valence-corrected chi connectivity index (χ0v) is 10.9. The highest BCUT2D eigenvalue weighted by atomic mass is 19.4. The summed E-state index contributed by atoms with van der Waals surface area (Å²) in [6.45, 7) is 3.77. The molecule has 0 saturated heterocycles. The van der Waals surface area contributed by atoms with E-state index in [1.165, 1.54) is 6.07 Å². The molecular weight excluding hydrogens is 273 g/mol. The molecule has 0 atom stereocenters. The average molecular weight is 286 g/mol. The topological polar surface area (TPSA) is 54.9 Å². The Balaban J connectivity index is 2.84. The summed E-state index contributed by atoms with van der Waals surface area (Å²) in [6.07, 6.45) is -4.63. The minimum atomic E-state index is -4.63. The minimum Gasteiger partial charge on any atom is -0.306 e. The molecule has 108 valence electrons. The van der Waals surface area contributed by atoms with Gasteiger partial charge in [0.25, 0.3) is 5.56 Å². The van der Waals surface area contributed by atoms with Gasteiger partial charge in [0.15, 0.2) is 0 Å². The van der Waals surface area contributed by atoms with Crippen LogP contribution in [0, 0.1) is 5.92 Å². The molecule has 0 saturated carbocycles. The summed E-state index contributed by atoms with van der Waals surface area (Å²) in [4.78, 5) is 26.1. The Morgan fingerprint density at radius 1 is 1.25 bits per heavy atom. The fourth-order valence-corrected chi connectivity index (χ4v) is 2.04. The number of alkyl halides is 3. The van der Waals surface area contributed by atoms with Crippen LogP contribution in [0.4, 0.5) is 13.2 Å². The van der Waals surface area contributed by atoms with Crippen molar-refractivity contribution in [3.63, 3.8) is 0 Å². The van der Waals surface area contributed by atoms with Crippen LogP contribution in [0.3, 0.4) is 0 Å². The van der Waals surface area contributed by atoms with E-state index in [9.17, 15) is 22.8 Å². The molecule has 0 amide bonds. The number of para-hydroxylation sites is 1. The zero-order valence-electron chi connectivity index (χ0n) is 10.9. The van der Waals surface area contributed by atoms with Crippen LogP contribution in [0.5, 0.6) is 0 Å². The first-order valence-electron chi connectivity index (χ1n) is 6.05. The third-order valence-electron chi connectivity index (χ3n) is 2.87. The standard InChI is InChI=1S/C13H13F3N2O2/c1-7(2)6-18-11(19)8-4-3-5-9(13(14,15)16)10(8)17-12(18)20/h3-5,7H,6H2,1-2H3,(H,17,20). The lowest BCUT2D eigenvalue weighted by atomic mass is 10.1. The van der Waals surface area contributed by atoms with Crippen molar-refractivity contribution in [3.05, 3.63) is 44.6 Å². The van der Waals surface area contributed by atoms with Crippen LogP contribution < -0.4 is 11.2 Å². The maximum absolute atomic E-state index is 12.9. The highest BCUT2D eigenvalue weighted by molar-refractivity contribution is 5.81. The van der Waals surface area contributed by atoms with Crippen molar-refractivity contribution >= 4 is 10.9 Å². The van der Waals surface area contributed by atoms with Gasteiger partial charge in [-0.1, -0.05) is 19.9 Å². The van der Waals surface area contributed by atoms with Gasteiger partial charge in [0.2, 0.25) is 0 Å². The van der Waals surface area contributed by atoms with Crippen LogP contribution >= 0.6 is 0 Å². The molecule has 2 rings (SSSR count). The molecule has 0 aliphatic carbocycles. The molecule has 20 heavy (non-hydrogen) atoms. The summed E-state index contributed by atoms with van der Waals surface area (Å²) in [5.41, 5.74) is -3.01. The Morgan fingerprint density at radius 3 is 2.45 bits per heavy atom. The van der Waals surface area contributed by atoms with Gasteiger partial charge < -0.3 is 4.98 Å². The van der Waals surface area contributed by atoms with E-state index >= 15 is 0 Å². The van der Waals surface area contributed by atoms with Gasteiger partial charge in [-0.3, -0.25) is 9.36 Å². The second-order valence-electron chi connectivity index (χ2n) is 4.97. The average Bonchev–Trinajstić information content (AvgIpc) is 2.32. The monoisotopic (exact) mass is 286 g/mol. The van der Waals surface area contributed by atoms with Crippen molar-refractivity contribution in [1.82, 2.24) is 9.55 Å². The van der Waals surface area contributed by atoms with Gasteiger partial charge >= 0.3 is 11.9 Å². The predicted octanol–water partition coefficient (Wildman–Crippen LogP) is 2.36. The van der Waals surface area contributed by atoms with Gasteiger partial charge in [-0.2, -0.15) is 13.2 Å². The van der Waals surface area contributed by atoms with E-state index in [2.05, 4.69) is 4.98 Å². The van der Waals surface area contributed by atoms with Gasteiger partial charge in [-0.15, -0.1) is 0 Å². The number of fused-ring (bicyclic) bond motifs is 1. The third kappa shape index (κ3) is 2.48. The maximum Gasteiger partial charge on any atom is 0.418 e. The molecule has 0 aliphatic rings. The molecule has 1 aromatic heterocycles. The first kappa shape index (κ1) is 14.4. The lowest BCUT2D eigenvalue weighted by Gasteiger charge is -2.12. The van der Waals surface area contributed by atoms with Crippen LogP contribution in [0.15, 0.2) is 27.8 Å². The Morgan fingerprint density at radius 2 is 1.90 bits per heavy atom. The van der Waals surface area contributed by atoms with Gasteiger partial charge in [0.1, 0.15) is 0 Å². The molecule has 7 heteroatoms. The highest BCUT2D eigenvalue weighted by Crippen LogP contribution is 2.32. The molecule has 0 fully saturated rings. The molecule has 2 aromatic rings. The number of halogens is 3. The van der Waals surface area contributed by atoms with Gasteiger partial charge in [0.05, 0.1) is 16.5 Å². The Kier molecular flexibility index (Phi) is 3.45. The van der Waals surface area contributed by atoms with Crippen LogP contribution in [-0.4, -0.2) is 9.55 Å². The van der Waals surface area contributed by atoms with E-state index < -0.39 is 28.5 Å². The van der Waals surface area contributed by atoms with E-state index in [1.54, 1.807) is 0 Å². The molecule has 1 aromatic carbocycles. The van der Waals surface area contributed by atoms with Crippen molar-refractivity contribution in [2.75, 3.05) is 0 Å². The van der Waals surface area contributed by atoms with Crippen molar-refractivity contribution in [3.8, 4) is 0 Å². The highest BCUT2D eigenvalue weighted by Gasteiger charge is 2.33. The van der Waals surface area contributed by atoms with Crippen LogP contribution in [0.2, 0.25) is 0 Å². The molecule has 0 unspecified atom stereocenters. The van der Waals surface area contributed by atoms with Crippen molar-refractivity contribution in [2.45, 2.75) is 26.6 Å². The number of H-pyrrole nitrogens is 1. The molecule has 0 aliphatic heterocycles. The largest absolute Gasteiger partial charge is 0.418 e. The van der Waals surface area contributed by atoms with E-state index in [-0.39, 0.29) is 17.8 Å². The van der Waals surface area contributed by atoms with E-state index in [1.807, 2.05) is 13.8 Å². The quantitative estimate of drug-likeness (QED) is 0.921. The second kappa shape index (κ2) is 4.81. The zero-order chi connectivity index (χ0) is 15.1. The van der Waals surface area contributed by atoms with Crippen molar-refractivity contribution < 1.29 is 13.2 Å². The number of aromatic amines is 1. The van der Waals surface area contributed by atoms with E-state index in [0.29, 0.717) is 0 Å². The summed E-state index contributed by atoms with van der Waals surface area (Å²) >= 11 is 0. The molecule has 0 bridgehead atoms. The van der Waals surface area contributed by atoms with Crippen LogP contribution in [0.1, 0.15) is 19.4 Å². The lowest BCUT2D eigenvalue weighted by molar-refractivity contribution is -0.136. The predicted molar refractivity (Wildman–Crippen MR) is 68.7 cm³/mol. The number of hydrogen-bond donors (Lipinski definition) is 1. The van der Waals surface area contributed by atoms with Gasteiger partial charge in [0, 0.05) is 6.54 Å². The second-order valence-corrected chi connectivity index (χ2v) is 4.97. The van der Waals surface area contributed by atoms with Crippen molar-refractivity contribution in [1.29, 1.82) is 0 Å². The molecule has 0 radical (unpaired) electrons. The van der Waals surface area contributed by atoms with Crippen molar-refractivity contribution in [2.24, 2.45) is 5.92 Å². The summed E-state index contributed by atoms with van der Waals surface area (Å²) in [5.74, 6) is 0.0250. The molecular formula is C13H13F3N2O2. The summed E-state index contributed by atoms with van der Waals surface area (Å²) in [6, 6.07) is 3.27. The number of nitrogens with one attached hydrogen (secondary N) is 1. The first-order valence-corrected chi connectivity index (χ1v) is 6.05.